The number of hydrogen-bond donors (Lipinski definition) is 0. The third-order valence-corrected chi connectivity index (χ3v) is 5.09. The summed E-state index contributed by atoms with van der Waals surface area (Å²) in [5.74, 6) is -0.00596. The Labute approximate surface area is 153 Å². The van der Waals surface area contributed by atoms with Crippen molar-refractivity contribution in [3.8, 4) is 0 Å². The van der Waals surface area contributed by atoms with Crippen molar-refractivity contribution in [2.24, 2.45) is 5.92 Å². The van der Waals surface area contributed by atoms with Gasteiger partial charge < -0.3 is 9.64 Å². The molecule has 0 radical (unpaired) electrons. The minimum atomic E-state index is -4.10. The van der Waals surface area contributed by atoms with Crippen molar-refractivity contribution in [3.05, 3.63) is 29.8 Å². The molecule has 0 aliphatic carbocycles. The van der Waals surface area contributed by atoms with Crippen LogP contribution in [0.4, 0.5) is 4.79 Å². The van der Waals surface area contributed by atoms with Gasteiger partial charge in [0.1, 0.15) is 5.60 Å². The predicted octanol–water partition coefficient (Wildman–Crippen LogP) is 3.35. The maximum Gasteiger partial charge on any atom is 0.410 e. The van der Waals surface area contributed by atoms with E-state index in [1.54, 1.807) is 11.8 Å². The fourth-order valence-corrected chi connectivity index (χ4v) is 3.36. The smallest absolute Gasteiger partial charge is 0.410 e. The minimum Gasteiger partial charge on any atom is -0.444 e. The molecule has 0 spiro atoms. The molecule has 25 heavy (non-hydrogen) atoms. The van der Waals surface area contributed by atoms with Crippen molar-refractivity contribution in [2.45, 2.75) is 51.0 Å². The van der Waals surface area contributed by atoms with E-state index in [9.17, 15) is 13.2 Å². The van der Waals surface area contributed by atoms with E-state index in [0.29, 0.717) is 31.5 Å². The van der Waals surface area contributed by atoms with Gasteiger partial charge in [0.15, 0.2) is 0 Å². The Morgan fingerprint density at radius 1 is 1.28 bits per heavy atom. The van der Waals surface area contributed by atoms with Gasteiger partial charge in [0.2, 0.25) is 0 Å². The van der Waals surface area contributed by atoms with Gasteiger partial charge in [-0.3, -0.25) is 4.18 Å². The summed E-state index contributed by atoms with van der Waals surface area (Å²) in [7, 11) is -4.10. The molecule has 1 amide bonds. The van der Waals surface area contributed by atoms with E-state index in [1.807, 2.05) is 20.8 Å². The first-order valence-electron chi connectivity index (χ1n) is 9.35. The lowest BCUT2D eigenvalue weighted by molar-refractivity contribution is 0.0165. The number of benzene rings is 1. The van der Waals surface area contributed by atoms with Crippen LogP contribution < -0.4 is 0 Å². The summed E-state index contributed by atoms with van der Waals surface area (Å²) in [6, 6.07) is 2.33. The number of rotatable bonds is 4. The van der Waals surface area contributed by atoms with Crippen molar-refractivity contribution in [2.75, 3.05) is 19.7 Å². The van der Waals surface area contributed by atoms with Gasteiger partial charge in [0.25, 0.3) is 10.1 Å². The molecule has 1 saturated heterocycles. The second-order valence-corrected chi connectivity index (χ2v) is 8.86. The van der Waals surface area contributed by atoms with Crippen LogP contribution in [-0.2, 0) is 19.0 Å². The van der Waals surface area contributed by atoms with Crippen molar-refractivity contribution in [1.29, 1.82) is 0 Å². The molecule has 6 nitrogen and oxygen atoms in total. The molecule has 1 aliphatic rings. The Morgan fingerprint density at radius 2 is 1.92 bits per heavy atom. The molecule has 0 bridgehead atoms. The van der Waals surface area contributed by atoms with Crippen LogP contribution in [-0.4, -0.2) is 44.7 Å². The van der Waals surface area contributed by atoms with Crippen LogP contribution in [0.25, 0.3) is 0 Å². The number of carbonyl (C=O) groups is 1. The van der Waals surface area contributed by atoms with Crippen LogP contribution in [0.5, 0.6) is 0 Å². The monoisotopic (exact) mass is 371 g/mol. The van der Waals surface area contributed by atoms with Crippen molar-refractivity contribution >= 4 is 16.2 Å². The fraction of sp³-hybridized carbons (Fsp3) is 0.611. The number of likely N-dealkylation sites (tertiary alicyclic amines) is 1. The number of aryl methyl sites for hydroxylation is 1. The highest BCUT2D eigenvalue weighted by atomic mass is 32.2. The first kappa shape index (κ1) is 16.8. The molecule has 1 aromatic carbocycles. The number of nitrogens with zero attached hydrogens (tertiary/aromatic N) is 1. The largest absolute Gasteiger partial charge is 0.444 e. The van der Waals surface area contributed by atoms with E-state index in [2.05, 4.69) is 0 Å². The lowest BCUT2D eigenvalue weighted by Gasteiger charge is -2.33. The third-order valence-electron chi connectivity index (χ3n) is 3.86. The Balaban J connectivity index is 1.91. The highest BCUT2D eigenvalue weighted by Crippen LogP contribution is 2.22. The molecule has 0 aromatic heterocycles. The predicted molar refractivity (Wildman–Crippen MR) is 94.8 cm³/mol. The average molecular weight is 371 g/mol. The Morgan fingerprint density at radius 3 is 2.52 bits per heavy atom. The van der Waals surface area contributed by atoms with Gasteiger partial charge in [0.05, 0.1) is 14.2 Å². The van der Waals surface area contributed by atoms with E-state index in [4.69, 9.17) is 11.7 Å². The lowest BCUT2D eigenvalue weighted by atomic mass is 9.98. The first-order chi connectivity index (χ1) is 12.4. The van der Waals surface area contributed by atoms with Crippen molar-refractivity contribution in [1.82, 2.24) is 4.90 Å². The molecule has 0 N–H and O–H groups in total. The Kier molecular flexibility index (Phi) is 5.22. The molecule has 1 aliphatic heterocycles. The van der Waals surface area contributed by atoms with Crippen LogP contribution in [0.2, 0.25) is 0 Å². The highest BCUT2D eigenvalue weighted by Gasteiger charge is 2.28. The zero-order chi connectivity index (χ0) is 20.4. The SMILES string of the molecule is [2H]c1c(C)ccc(S(=O)(=O)OCC2CCN(C(=O)OC(C)(C)C)CC2)c1[2H]. The molecular weight excluding hydrogens is 342 g/mol. The second-order valence-electron chi connectivity index (χ2n) is 7.28. The van der Waals surface area contributed by atoms with Gasteiger partial charge in [-0.2, -0.15) is 8.42 Å². The second kappa shape index (κ2) is 7.74. The summed E-state index contributed by atoms with van der Waals surface area (Å²) >= 11 is 0. The van der Waals surface area contributed by atoms with E-state index >= 15 is 0 Å². The minimum absolute atomic E-state index is 0.00596. The number of piperidine rings is 1. The van der Waals surface area contributed by atoms with Gasteiger partial charge in [-0.05, 0) is 58.6 Å². The standard InChI is InChI=1S/C18H27NO5S/c1-14-5-7-16(8-6-14)25(21,22)23-13-15-9-11-19(12-10-15)17(20)24-18(2,3)4/h5-8,15H,9-13H2,1-4H3/i5D,7D. The fourth-order valence-electron chi connectivity index (χ4n) is 2.45. The van der Waals surface area contributed by atoms with Gasteiger partial charge in [-0.1, -0.05) is 17.7 Å². The quantitative estimate of drug-likeness (QED) is 0.759. The molecule has 7 heteroatoms. The highest BCUT2D eigenvalue weighted by molar-refractivity contribution is 7.86. The number of amides is 1. The number of ether oxygens (including phenoxy) is 1. The van der Waals surface area contributed by atoms with E-state index in [0.717, 1.165) is 0 Å². The van der Waals surface area contributed by atoms with Gasteiger partial charge in [-0.25, -0.2) is 4.79 Å². The van der Waals surface area contributed by atoms with Crippen LogP contribution in [0.3, 0.4) is 0 Å². The summed E-state index contributed by atoms with van der Waals surface area (Å²) in [6.07, 6.45) is 0.858. The molecule has 0 atom stereocenters. The normalized spacial score (nSPS) is 17.8. The lowest BCUT2D eigenvalue weighted by Crippen LogP contribution is -2.42. The zero-order valence-electron chi connectivity index (χ0n) is 17.2. The average Bonchev–Trinajstić information content (AvgIpc) is 2.56. The summed E-state index contributed by atoms with van der Waals surface area (Å²) in [6.45, 7) is 8.03. The molecule has 0 unspecified atom stereocenters. The molecule has 1 heterocycles. The summed E-state index contributed by atoms with van der Waals surface area (Å²) in [4.78, 5) is 13.4. The van der Waals surface area contributed by atoms with E-state index < -0.39 is 15.7 Å². The molecule has 140 valence electrons. The molecule has 0 saturated carbocycles. The van der Waals surface area contributed by atoms with Crippen LogP contribution in [0.15, 0.2) is 29.1 Å². The summed E-state index contributed by atoms with van der Waals surface area (Å²) in [5.41, 5.74) is -0.0161. The van der Waals surface area contributed by atoms with Crippen molar-refractivity contribution < 1.29 is 24.9 Å². The maximum absolute atomic E-state index is 12.4. The number of carbonyl (C=O) groups excluding carboxylic acids is 1. The zero-order valence-corrected chi connectivity index (χ0v) is 16.0. The maximum atomic E-state index is 12.4. The third kappa shape index (κ3) is 6.01. The van der Waals surface area contributed by atoms with Crippen molar-refractivity contribution in [3.63, 3.8) is 0 Å². The Hall–Kier alpha value is -1.60. The molecule has 1 fully saturated rings. The van der Waals surface area contributed by atoms with E-state index in [1.165, 1.54) is 12.1 Å². The topological polar surface area (TPSA) is 72.9 Å². The van der Waals surface area contributed by atoms with Crippen LogP contribution in [0, 0.1) is 12.8 Å². The van der Waals surface area contributed by atoms with Gasteiger partial charge in [0, 0.05) is 13.1 Å². The van der Waals surface area contributed by atoms with Crippen LogP contribution >= 0.6 is 0 Å². The number of hydrogen-bond acceptors (Lipinski definition) is 5. The van der Waals surface area contributed by atoms with Gasteiger partial charge >= 0.3 is 6.09 Å². The van der Waals surface area contributed by atoms with Gasteiger partial charge in [-0.15, -0.1) is 0 Å². The molecular formula is C18H27NO5S. The first-order valence-corrected chi connectivity index (χ1v) is 9.75. The molecule has 2 rings (SSSR count). The summed E-state index contributed by atoms with van der Waals surface area (Å²) in [5, 5.41) is 0. The Bertz CT molecular complexity index is 797. The molecule has 1 aromatic rings. The summed E-state index contributed by atoms with van der Waals surface area (Å²) < 4.78 is 50.9. The van der Waals surface area contributed by atoms with E-state index in [-0.39, 0.29) is 35.6 Å². The van der Waals surface area contributed by atoms with Crippen LogP contribution in [0.1, 0.15) is 41.9 Å².